The zero-order valence-corrected chi connectivity index (χ0v) is 36.0. The standard InChI is InChI=1S/C46H69NO13/c1-25-17-35-40-37(23-44(58-40)28(4)16-26(2)24-47-44)56-43(20-25,55-35)21-27(3)39-30(6)32(48)22-45(52,59-39)41(51)36-19-34-33(53-36)18-29(5)46(57-34)15-14-42(60-46)13-9-11-31(54-42)10-7-8-12-38(49)50/h7,9-10,13,25-26,28-37,39-41,47-48,51-52H,3,8,11-12,14-24H2,1-2,4-6H3,(H,49,50)/b10-7+/t25-,26+,28-,29+,30+,31-,32+,33+,34+,35-,36-,37+,39-,40+,41+,42+,43-,44-,45-,46-/m0/s1. The summed E-state index contributed by atoms with van der Waals surface area (Å²) in [6.45, 7) is 16.1. The molecule has 0 aromatic carbocycles. The highest BCUT2D eigenvalue weighted by atomic mass is 16.8. The number of aliphatic hydroxyl groups excluding tert-OH is 2. The maximum Gasteiger partial charge on any atom is 0.303 e. The number of hydrogen-bond acceptors (Lipinski definition) is 13. The van der Waals surface area contributed by atoms with Gasteiger partial charge in [-0.05, 0) is 61.5 Å². The molecule has 14 heteroatoms. The second-order valence-corrected chi connectivity index (χ2v) is 20.5. The van der Waals surface area contributed by atoms with E-state index in [4.69, 9.17) is 43.0 Å². The van der Waals surface area contributed by atoms with E-state index in [1.165, 1.54) is 0 Å². The van der Waals surface area contributed by atoms with Gasteiger partial charge in [0.25, 0.3) is 0 Å². The normalized spacial score (nSPS) is 52.9. The topological polar surface area (TPSA) is 184 Å². The van der Waals surface area contributed by atoms with Gasteiger partial charge in [-0.15, -0.1) is 0 Å². The summed E-state index contributed by atoms with van der Waals surface area (Å²) in [6, 6.07) is 0. The van der Waals surface area contributed by atoms with Crippen LogP contribution >= 0.6 is 0 Å². The molecule has 2 bridgehead atoms. The number of aliphatic hydroxyl groups is 3. The van der Waals surface area contributed by atoms with Crippen LogP contribution in [0.1, 0.15) is 118 Å². The van der Waals surface area contributed by atoms with E-state index in [0.29, 0.717) is 74.7 Å². The largest absolute Gasteiger partial charge is 0.481 e. The van der Waals surface area contributed by atoms with Gasteiger partial charge in [0.05, 0.1) is 48.8 Å². The van der Waals surface area contributed by atoms with Crippen molar-refractivity contribution in [3.05, 3.63) is 36.5 Å². The molecule has 0 aromatic heterocycles. The minimum Gasteiger partial charge on any atom is -0.481 e. The summed E-state index contributed by atoms with van der Waals surface area (Å²) in [5.41, 5.74) is 0.196. The van der Waals surface area contributed by atoms with Crippen LogP contribution in [0.4, 0.5) is 0 Å². The number of rotatable bonds is 9. The first-order valence-corrected chi connectivity index (χ1v) is 22.9. The first-order chi connectivity index (χ1) is 28.4. The fourth-order valence-electron chi connectivity index (χ4n) is 12.4. The molecule has 8 fully saturated rings. The summed E-state index contributed by atoms with van der Waals surface area (Å²) < 4.78 is 53.6. The lowest BCUT2D eigenvalue weighted by Crippen LogP contribution is -2.61. The van der Waals surface area contributed by atoms with Crippen LogP contribution in [0, 0.1) is 29.6 Å². The third-order valence-corrected chi connectivity index (χ3v) is 15.6. The lowest BCUT2D eigenvalue weighted by Gasteiger charge is -2.53. The number of allylic oxidation sites excluding steroid dienone is 1. The summed E-state index contributed by atoms with van der Waals surface area (Å²) in [5, 5.41) is 48.3. The summed E-state index contributed by atoms with van der Waals surface area (Å²) in [4.78, 5) is 10.9. The number of piperidine rings is 1. The molecule has 5 N–H and O–H groups in total. The molecule has 0 radical (unpaired) electrons. The minimum atomic E-state index is -2.12. The molecule has 336 valence electrons. The van der Waals surface area contributed by atoms with Crippen molar-refractivity contribution in [1.29, 1.82) is 0 Å². The number of fused-ring (bicyclic) bond motifs is 5. The SMILES string of the molecule is C=C(C[C@@]12C[C@@H](C)C[C@H](O1)[C@H]1O[C@]3(C[C@H]1O2)NC[C@H](C)C[C@@H]3C)[C@@H]1O[C@](O)([C@H](O)[C@@H]2C[C@H]3O[C@]4(CC[C@@]5(C=CC[C@H](/C=C/CCC(=O)O)O5)O4)[C@H](C)C[C@H]3O2)C[C@@H](O)[C@H]1C. The summed E-state index contributed by atoms with van der Waals surface area (Å²) in [6.07, 6.45) is 9.04. The van der Waals surface area contributed by atoms with Crippen LogP contribution in [0.5, 0.6) is 0 Å². The second kappa shape index (κ2) is 16.0. The van der Waals surface area contributed by atoms with Crippen molar-refractivity contribution in [2.75, 3.05) is 6.54 Å². The zero-order chi connectivity index (χ0) is 42.4. The smallest absolute Gasteiger partial charge is 0.303 e. The van der Waals surface area contributed by atoms with E-state index in [2.05, 4.69) is 39.6 Å². The summed E-state index contributed by atoms with van der Waals surface area (Å²) in [7, 11) is 0. The van der Waals surface area contributed by atoms with Gasteiger partial charge < -0.3 is 58.3 Å². The molecule has 0 aliphatic carbocycles. The van der Waals surface area contributed by atoms with Crippen LogP contribution in [0.2, 0.25) is 0 Å². The molecule has 0 unspecified atom stereocenters. The Labute approximate surface area is 354 Å². The average Bonchev–Trinajstić information content (AvgIpc) is 3.87. The van der Waals surface area contributed by atoms with Gasteiger partial charge in [0.1, 0.15) is 17.9 Å². The maximum atomic E-state index is 12.2. The van der Waals surface area contributed by atoms with E-state index < -0.39 is 71.3 Å². The molecular weight excluding hydrogens is 775 g/mol. The van der Waals surface area contributed by atoms with E-state index in [1.807, 2.05) is 31.2 Å². The molecule has 60 heavy (non-hydrogen) atoms. The van der Waals surface area contributed by atoms with E-state index in [0.717, 1.165) is 25.8 Å². The minimum absolute atomic E-state index is 0.0600. The number of carboxylic acid groups (broad SMARTS) is 1. The first-order valence-electron chi connectivity index (χ1n) is 22.9. The molecule has 9 aliphatic heterocycles. The molecule has 0 aromatic rings. The molecule has 0 saturated carbocycles. The third kappa shape index (κ3) is 7.91. The molecule has 9 heterocycles. The zero-order valence-electron chi connectivity index (χ0n) is 36.0. The Morgan fingerprint density at radius 3 is 2.48 bits per heavy atom. The number of carboxylic acids is 1. The van der Waals surface area contributed by atoms with E-state index in [9.17, 15) is 20.1 Å². The highest BCUT2D eigenvalue weighted by molar-refractivity contribution is 5.66. The van der Waals surface area contributed by atoms with Crippen molar-refractivity contribution in [2.24, 2.45) is 29.6 Å². The first kappa shape index (κ1) is 43.5. The number of ether oxygens (including phenoxy) is 8. The van der Waals surface area contributed by atoms with Gasteiger partial charge in [-0.25, -0.2) is 0 Å². The van der Waals surface area contributed by atoms with Crippen LogP contribution in [0.3, 0.4) is 0 Å². The Balaban J connectivity index is 0.846. The van der Waals surface area contributed by atoms with Crippen LogP contribution in [-0.2, 0) is 42.7 Å². The van der Waals surface area contributed by atoms with E-state index >= 15 is 0 Å². The molecule has 20 atom stereocenters. The van der Waals surface area contributed by atoms with Crippen molar-refractivity contribution < 1.29 is 63.1 Å². The summed E-state index contributed by atoms with van der Waals surface area (Å²) in [5.74, 6) is -5.03. The Hall–Kier alpha value is -1.79. The Morgan fingerprint density at radius 1 is 0.900 bits per heavy atom. The average molecular weight is 844 g/mol. The quantitative estimate of drug-likeness (QED) is 0.196. The monoisotopic (exact) mass is 843 g/mol. The third-order valence-electron chi connectivity index (χ3n) is 15.6. The fourth-order valence-corrected chi connectivity index (χ4v) is 12.4. The lowest BCUT2D eigenvalue weighted by atomic mass is 9.78. The predicted molar refractivity (Wildman–Crippen MR) is 216 cm³/mol. The molecule has 9 aliphatic rings. The van der Waals surface area contributed by atoms with E-state index in [-0.39, 0.29) is 49.3 Å². The van der Waals surface area contributed by atoms with E-state index in [1.54, 1.807) is 0 Å². The fraction of sp³-hybridized carbons (Fsp3) is 0.848. The van der Waals surface area contributed by atoms with Crippen LogP contribution in [0.15, 0.2) is 36.5 Å². The van der Waals surface area contributed by atoms with Gasteiger partial charge in [0, 0.05) is 69.7 Å². The number of hydrogen-bond donors (Lipinski definition) is 5. The van der Waals surface area contributed by atoms with Crippen LogP contribution in [0.25, 0.3) is 0 Å². The highest BCUT2D eigenvalue weighted by Gasteiger charge is 2.64. The van der Waals surface area contributed by atoms with Gasteiger partial charge >= 0.3 is 5.97 Å². The number of aliphatic carboxylic acids is 1. The number of nitrogens with one attached hydrogen (secondary N) is 1. The Kier molecular flexibility index (Phi) is 11.6. The molecule has 9 rings (SSSR count). The highest BCUT2D eigenvalue weighted by Crippen LogP contribution is 2.55. The van der Waals surface area contributed by atoms with Gasteiger partial charge in [-0.2, -0.15) is 0 Å². The molecule has 0 amide bonds. The van der Waals surface area contributed by atoms with Crippen molar-refractivity contribution in [3.63, 3.8) is 0 Å². The van der Waals surface area contributed by atoms with Gasteiger partial charge in [-0.1, -0.05) is 59.4 Å². The summed E-state index contributed by atoms with van der Waals surface area (Å²) >= 11 is 0. The van der Waals surface area contributed by atoms with Crippen LogP contribution in [-0.4, -0.2) is 123 Å². The predicted octanol–water partition coefficient (Wildman–Crippen LogP) is 4.98. The van der Waals surface area contributed by atoms with Crippen molar-refractivity contribution in [3.8, 4) is 0 Å². The van der Waals surface area contributed by atoms with Gasteiger partial charge in [0.2, 0.25) is 0 Å². The Morgan fingerprint density at radius 2 is 1.70 bits per heavy atom. The maximum absolute atomic E-state index is 12.2. The number of carbonyl (C=O) groups is 1. The lowest BCUT2D eigenvalue weighted by molar-refractivity contribution is -0.367. The van der Waals surface area contributed by atoms with Gasteiger partial charge in [0.15, 0.2) is 23.1 Å². The Bertz CT molecular complexity index is 1690. The molecular formula is C46H69NO13. The van der Waals surface area contributed by atoms with Gasteiger partial charge in [-0.3, -0.25) is 10.1 Å². The van der Waals surface area contributed by atoms with Crippen molar-refractivity contribution in [2.45, 2.75) is 208 Å². The van der Waals surface area contributed by atoms with Crippen molar-refractivity contribution in [1.82, 2.24) is 5.32 Å². The van der Waals surface area contributed by atoms with Crippen molar-refractivity contribution >= 4 is 5.97 Å². The molecule has 3 spiro atoms. The second-order valence-electron chi connectivity index (χ2n) is 20.5. The molecule has 8 saturated heterocycles. The van der Waals surface area contributed by atoms with Crippen LogP contribution < -0.4 is 5.32 Å². The molecule has 14 nitrogen and oxygen atoms in total.